The number of carbonyl (C=O) groups is 1. The van der Waals surface area contributed by atoms with Crippen LogP contribution in [0.3, 0.4) is 0 Å². The molecule has 1 aromatic heterocycles. The summed E-state index contributed by atoms with van der Waals surface area (Å²) in [5.41, 5.74) is -1.84. The first-order valence-electron chi connectivity index (χ1n) is 4.89. The lowest BCUT2D eigenvalue weighted by molar-refractivity contribution is -0.151. The van der Waals surface area contributed by atoms with Crippen LogP contribution in [-0.4, -0.2) is 33.8 Å². The van der Waals surface area contributed by atoms with Crippen LogP contribution in [0, 0.1) is 0 Å². The lowest BCUT2D eigenvalue weighted by Crippen LogP contribution is -2.33. The summed E-state index contributed by atoms with van der Waals surface area (Å²) >= 11 is 4.26. The van der Waals surface area contributed by atoms with Crippen molar-refractivity contribution in [3.05, 3.63) is 31.5 Å². The van der Waals surface area contributed by atoms with Crippen molar-refractivity contribution in [2.45, 2.75) is 11.7 Å². The minimum Gasteiger partial charge on any atom is -0.466 e. The van der Waals surface area contributed by atoms with Crippen molar-refractivity contribution in [3.8, 4) is 0 Å². The molecule has 1 fully saturated rings. The highest BCUT2D eigenvalue weighted by Crippen LogP contribution is 2.31. The van der Waals surface area contributed by atoms with E-state index in [-0.39, 0.29) is 4.47 Å². The lowest BCUT2D eigenvalue weighted by atomic mass is 10.5. The second-order valence-electron chi connectivity index (χ2n) is 3.42. The van der Waals surface area contributed by atoms with Gasteiger partial charge in [0.25, 0.3) is 5.56 Å². The number of aromatic amines is 1. The third-order valence-corrected chi connectivity index (χ3v) is 3.95. The number of halogens is 1. The Hall–Kier alpha value is -1.06. The van der Waals surface area contributed by atoms with E-state index < -0.39 is 28.9 Å². The van der Waals surface area contributed by atoms with Crippen LogP contribution in [-0.2, 0) is 14.3 Å². The van der Waals surface area contributed by atoms with Crippen LogP contribution in [0.25, 0.3) is 0 Å². The van der Waals surface area contributed by atoms with E-state index >= 15 is 0 Å². The van der Waals surface area contributed by atoms with Gasteiger partial charge < -0.3 is 9.47 Å². The summed E-state index contributed by atoms with van der Waals surface area (Å²) in [5, 5.41) is 0. The monoisotopic (exact) mass is 336 g/mol. The van der Waals surface area contributed by atoms with E-state index in [0.717, 1.165) is 0 Å². The zero-order valence-electron chi connectivity index (χ0n) is 9.21. The van der Waals surface area contributed by atoms with E-state index in [4.69, 9.17) is 4.74 Å². The third kappa shape index (κ3) is 2.52. The molecular weight excluding hydrogens is 328 g/mol. The quantitative estimate of drug-likeness (QED) is 0.768. The van der Waals surface area contributed by atoms with Gasteiger partial charge in [-0.1, -0.05) is 0 Å². The summed E-state index contributed by atoms with van der Waals surface area (Å²) in [4.78, 5) is 36.2. The number of carbonyl (C=O) groups excluding carboxylic acids is 1. The largest absolute Gasteiger partial charge is 0.466 e. The van der Waals surface area contributed by atoms with Crippen molar-refractivity contribution in [1.29, 1.82) is 0 Å². The summed E-state index contributed by atoms with van der Waals surface area (Å²) in [7, 11) is 1.27. The SMILES string of the molecule is COC(=O)[C@H]1O[C@@H](n2cc(Br)c(=O)[nH]c2=O)CS1. The number of hydrogen-bond acceptors (Lipinski definition) is 6. The van der Waals surface area contributed by atoms with Crippen LogP contribution in [0.1, 0.15) is 6.23 Å². The van der Waals surface area contributed by atoms with Crippen molar-refractivity contribution in [1.82, 2.24) is 9.55 Å². The maximum Gasteiger partial charge on any atom is 0.345 e. The molecule has 1 aromatic rings. The maximum absolute atomic E-state index is 11.6. The molecule has 1 N–H and O–H groups in total. The predicted molar refractivity (Wildman–Crippen MR) is 67.4 cm³/mol. The molecule has 0 aliphatic carbocycles. The first-order valence-corrected chi connectivity index (χ1v) is 6.73. The molecule has 2 rings (SSSR count). The zero-order chi connectivity index (χ0) is 13.3. The molecule has 0 bridgehead atoms. The van der Waals surface area contributed by atoms with Gasteiger partial charge in [0.1, 0.15) is 6.23 Å². The number of methoxy groups -OCH3 is 1. The van der Waals surface area contributed by atoms with Gasteiger partial charge in [-0.05, 0) is 15.9 Å². The third-order valence-electron chi connectivity index (χ3n) is 2.30. The van der Waals surface area contributed by atoms with Crippen molar-refractivity contribution >= 4 is 33.7 Å². The Morgan fingerprint density at radius 1 is 1.67 bits per heavy atom. The normalized spacial score (nSPS) is 23.0. The van der Waals surface area contributed by atoms with E-state index in [0.29, 0.717) is 5.75 Å². The molecule has 0 unspecified atom stereocenters. The van der Waals surface area contributed by atoms with Gasteiger partial charge in [-0.15, -0.1) is 11.8 Å². The number of hydrogen-bond donors (Lipinski definition) is 1. The van der Waals surface area contributed by atoms with Gasteiger partial charge in [0.05, 0.1) is 11.6 Å². The van der Waals surface area contributed by atoms with Gasteiger partial charge in [-0.25, -0.2) is 9.59 Å². The van der Waals surface area contributed by atoms with Crippen LogP contribution < -0.4 is 11.2 Å². The molecular formula is C9H9BrN2O5S. The molecule has 0 aromatic carbocycles. The Bertz CT molecular complexity index is 583. The Balaban J connectivity index is 2.25. The first-order chi connectivity index (χ1) is 8.52. The van der Waals surface area contributed by atoms with Gasteiger partial charge in [0.2, 0.25) is 5.44 Å². The van der Waals surface area contributed by atoms with Crippen molar-refractivity contribution in [2.24, 2.45) is 0 Å². The van der Waals surface area contributed by atoms with E-state index in [1.807, 2.05) is 0 Å². The van der Waals surface area contributed by atoms with E-state index in [2.05, 4.69) is 25.7 Å². The van der Waals surface area contributed by atoms with Gasteiger partial charge in [0.15, 0.2) is 0 Å². The van der Waals surface area contributed by atoms with Gasteiger partial charge in [0, 0.05) is 11.9 Å². The highest BCUT2D eigenvalue weighted by molar-refractivity contribution is 9.10. The molecule has 0 saturated carbocycles. The van der Waals surface area contributed by atoms with Crippen molar-refractivity contribution in [2.75, 3.05) is 12.9 Å². The molecule has 1 aliphatic heterocycles. The van der Waals surface area contributed by atoms with Crippen LogP contribution in [0.2, 0.25) is 0 Å². The Labute approximate surface area is 114 Å². The summed E-state index contributed by atoms with van der Waals surface area (Å²) in [5.74, 6) is -0.0861. The molecule has 98 valence electrons. The number of thioether (sulfide) groups is 1. The number of ether oxygens (including phenoxy) is 2. The highest BCUT2D eigenvalue weighted by atomic mass is 79.9. The maximum atomic E-state index is 11.6. The molecule has 1 aliphatic rings. The molecule has 0 amide bonds. The molecule has 9 heteroatoms. The van der Waals surface area contributed by atoms with Crippen LogP contribution in [0.5, 0.6) is 0 Å². The number of esters is 1. The van der Waals surface area contributed by atoms with E-state index in [9.17, 15) is 14.4 Å². The molecule has 0 radical (unpaired) electrons. The van der Waals surface area contributed by atoms with Gasteiger partial charge >= 0.3 is 11.7 Å². The number of rotatable bonds is 2. The summed E-state index contributed by atoms with van der Waals surface area (Å²) in [6.07, 6.45) is 0.728. The Kier molecular flexibility index (Phi) is 3.93. The summed E-state index contributed by atoms with van der Waals surface area (Å²) in [6, 6.07) is 0. The fourth-order valence-electron chi connectivity index (χ4n) is 1.43. The first kappa shape index (κ1) is 13.4. The van der Waals surface area contributed by atoms with Crippen molar-refractivity contribution < 1.29 is 14.3 Å². The number of aromatic nitrogens is 2. The molecule has 1 saturated heterocycles. The minimum atomic E-state index is -0.752. The zero-order valence-corrected chi connectivity index (χ0v) is 11.6. The Morgan fingerprint density at radius 3 is 3.06 bits per heavy atom. The second-order valence-corrected chi connectivity index (χ2v) is 5.37. The molecule has 7 nitrogen and oxygen atoms in total. The number of H-pyrrole nitrogens is 1. The Morgan fingerprint density at radius 2 is 2.39 bits per heavy atom. The van der Waals surface area contributed by atoms with Crippen LogP contribution >= 0.6 is 27.7 Å². The average Bonchev–Trinajstić information content (AvgIpc) is 2.82. The number of nitrogens with zero attached hydrogens (tertiary/aromatic N) is 1. The molecule has 18 heavy (non-hydrogen) atoms. The van der Waals surface area contributed by atoms with Gasteiger partial charge in [-0.2, -0.15) is 0 Å². The highest BCUT2D eigenvalue weighted by Gasteiger charge is 2.33. The fraction of sp³-hybridized carbons (Fsp3) is 0.444. The standard InChI is InChI=1S/C9H9BrN2O5S/c1-16-7(14)8-17-5(3-18-8)12-2-4(10)6(13)11-9(12)15/h2,5,8H,3H2,1H3,(H,11,13,15)/t5-,8+/m1/s1. The molecule has 2 heterocycles. The topological polar surface area (TPSA) is 90.4 Å². The van der Waals surface area contributed by atoms with Crippen molar-refractivity contribution in [3.63, 3.8) is 0 Å². The molecule has 0 spiro atoms. The van der Waals surface area contributed by atoms with E-state index in [1.54, 1.807) is 0 Å². The second kappa shape index (κ2) is 5.29. The molecule has 2 atom stereocenters. The van der Waals surface area contributed by atoms with Crippen LogP contribution in [0.15, 0.2) is 20.3 Å². The predicted octanol–water partition coefficient (Wildman–Crippen LogP) is 0.0602. The minimum absolute atomic E-state index is 0.220. The lowest BCUT2D eigenvalue weighted by Gasteiger charge is -2.13. The average molecular weight is 337 g/mol. The summed E-state index contributed by atoms with van der Waals surface area (Å²) < 4.78 is 11.4. The van der Waals surface area contributed by atoms with E-state index in [1.165, 1.54) is 29.6 Å². The van der Waals surface area contributed by atoms with Crippen LogP contribution in [0.4, 0.5) is 0 Å². The number of nitrogens with one attached hydrogen (secondary N) is 1. The summed E-state index contributed by atoms with van der Waals surface area (Å²) in [6.45, 7) is 0. The fourth-order valence-corrected chi connectivity index (χ4v) is 2.77. The van der Waals surface area contributed by atoms with Gasteiger partial charge in [-0.3, -0.25) is 14.3 Å². The smallest absolute Gasteiger partial charge is 0.345 e.